The van der Waals surface area contributed by atoms with Crippen molar-refractivity contribution in [3.63, 3.8) is 0 Å². The number of hydrogen-bond acceptors (Lipinski definition) is 4. The summed E-state index contributed by atoms with van der Waals surface area (Å²) in [6, 6.07) is 13.2. The third-order valence-electron chi connectivity index (χ3n) is 3.73. The number of Topliss-reactive ketones (excluding diaryl/α,β-unsaturated/α-hetero) is 1. The summed E-state index contributed by atoms with van der Waals surface area (Å²) in [5.74, 6) is -2.67. The number of rotatable bonds is 5. The number of nitrogens with one attached hydrogen (secondary N) is 2. The van der Waals surface area contributed by atoms with Crippen LogP contribution in [0.3, 0.4) is 0 Å². The maximum absolute atomic E-state index is 13.3. The molecule has 0 saturated carbocycles. The molecule has 1 aromatic heterocycles. The zero-order valence-electron chi connectivity index (χ0n) is 14.3. The van der Waals surface area contributed by atoms with Crippen molar-refractivity contribution in [3.05, 3.63) is 83.7 Å². The standard InChI is InChI=1S/C20H15F2N3O2/c1-12(26)13-3-2-4-14(9-13)24-16-7-8-23-19(11-16)20(27)25-15-5-6-17(21)18(22)10-15/h2-11H,1H3,(H,23,24)(H,25,27). The lowest BCUT2D eigenvalue weighted by atomic mass is 10.1. The van der Waals surface area contributed by atoms with Gasteiger partial charge in [-0.15, -0.1) is 0 Å². The van der Waals surface area contributed by atoms with E-state index < -0.39 is 17.5 Å². The first kappa shape index (κ1) is 18.2. The number of aromatic nitrogens is 1. The van der Waals surface area contributed by atoms with Crippen LogP contribution in [0.15, 0.2) is 60.8 Å². The Hall–Kier alpha value is -3.61. The number of carbonyl (C=O) groups excluding carboxylic acids is 2. The van der Waals surface area contributed by atoms with Gasteiger partial charge in [0.25, 0.3) is 5.91 Å². The minimum atomic E-state index is -1.05. The number of benzene rings is 2. The SMILES string of the molecule is CC(=O)c1cccc(Nc2ccnc(C(=O)Nc3ccc(F)c(F)c3)c2)c1. The average Bonchev–Trinajstić information content (AvgIpc) is 2.65. The van der Waals surface area contributed by atoms with Crippen molar-refractivity contribution >= 4 is 28.8 Å². The molecule has 2 aromatic carbocycles. The summed E-state index contributed by atoms with van der Waals surface area (Å²) in [4.78, 5) is 27.8. The van der Waals surface area contributed by atoms with E-state index in [9.17, 15) is 18.4 Å². The molecule has 0 unspecified atom stereocenters. The van der Waals surface area contributed by atoms with Gasteiger partial charge in [0.05, 0.1) is 0 Å². The number of hydrogen-bond donors (Lipinski definition) is 2. The molecule has 0 bridgehead atoms. The van der Waals surface area contributed by atoms with Gasteiger partial charge in [-0.05, 0) is 43.3 Å². The molecule has 0 saturated heterocycles. The van der Waals surface area contributed by atoms with Crippen molar-refractivity contribution in [1.82, 2.24) is 4.98 Å². The summed E-state index contributed by atoms with van der Waals surface area (Å²) in [6.45, 7) is 1.48. The second-order valence-electron chi connectivity index (χ2n) is 5.77. The van der Waals surface area contributed by atoms with Crippen LogP contribution >= 0.6 is 0 Å². The quantitative estimate of drug-likeness (QED) is 0.649. The summed E-state index contributed by atoms with van der Waals surface area (Å²) < 4.78 is 26.2. The van der Waals surface area contributed by atoms with Gasteiger partial charge in [0.15, 0.2) is 17.4 Å². The second-order valence-corrected chi connectivity index (χ2v) is 5.77. The van der Waals surface area contributed by atoms with E-state index in [1.165, 1.54) is 25.3 Å². The predicted octanol–water partition coefficient (Wildman–Crippen LogP) is 4.56. The van der Waals surface area contributed by atoms with Gasteiger partial charge < -0.3 is 10.6 Å². The van der Waals surface area contributed by atoms with Crippen LogP contribution in [0.4, 0.5) is 25.8 Å². The van der Waals surface area contributed by atoms with Gasteiger partial charge in [-0.2, -0.15) is 0 Å². The van der Waals surface area contributed by atoms with E-state index in [-0.39, 0.29) is 17.2 Å². The molecule has 7 heteroatoms. The van der Waals surface area contributed by atoms with E-state index in [0.717, 1.165) is 12.1 Å². The molecular formula is C20H15F2N3O2. The van der Waals surface area contributed by atoms with Crippen LogP contribution in [-0.2, 0) is 0 Å². The third kappa shape index (κ3) is 4.52. The molecule has 0 atom stereocenters. The van der Waals surface area contributed by atoms with E-state index in [0.29, 0.717) is 16.9 Å². The number of nitrogens with zero attached hydrogens (tertiary/aromatic N) is 1. The van der Waals surface area contributed by atoms with Crippen molar-refractivity contribution in [2.45, 2.75) is 6.92 Å². The molecule has 0 aliphatic rings. The van der Waals surface area contributed by atoms with Crippen molar-refractivity contribution in [3.8, 4) is 0 Å². The lowest BCUT2D eigenvalue weighted by Crippen LogP contribution is -2.14. The summed E-state index contributed by atoms with van der Waals surface area (Å²) in [5, 5.41) is 5.55. The predicted molar refractivity (Wildman–Crippen MR) is 98.3 cm³/mol. The summed E-state index contributed by atoms with van der Waals surface area (Å²) in [7, 11) is 0. The molecule has 1 amide bonds. The van der Waals surface area contributed by atoms with Gasteiger partial charge in [-0.25, -0.2) is 8.78 Å². The topological polar surface area (TPSA) is 71.1 Å². The van der Waals surface area contributed by atoms with E-state index in [1.54, 1.807) is 30.3 Å². The lowest BCUT2D eigenvalue weighted by molar-refractivity contribution is 0.101. The fourth-order valence-electron chi connectivity index (χ4n) is 2.38. The van der Waals surface area contributed by atoms with Gasteiger partial charge >= 0.3 is 0 Å². The van der Waals surface area contributed by atoms with E-state index in [4.69, 9.17) is 0 Å². The molecule has 2 N–H and O–H groups in total. The van der Waals surface area contributed by atoms with Gasteiger partial charge in [-0.3, -0.25) is 14.6 Å². The first-order valence-corrected chi connectivity index (χ1v) is 8.03. The molecule has 5 nitrogen and oxygen atoms in total. The number of pyridine rings is 1. The Labute approximate surface area is 154 Å². The molecule has 27 heavy (non-hydrogen) atoms. The third-order valence-corrected chi connectivity index (χ3v) is 3.73. The summed E-state index contributed by atoms with van der Waals surface area (Å²) >= 11 is 0. The highest BCUT2D eigenvalue weighted by molar-refractivity contribution is 6.03. The maximum Gasteiger partial charge on any atom is 0.274 e. The minimum absolute atomic E-state index is 0.0556. The van der Waals surface area contributed by atoms with Crippen LogP contribution in [-0.4, -0.2) is 16.7 Å². The van der Waals surface area contributed by atoms with Crippen molar-refractivity contribution in [2.75, 3.05) is 10.6 Å². The summed E-state index contributed by atoms with van der Waals surface area (Å²) in [5.41, 5.74) is 2.04. The molecule has 0 spiro atoms. The van der Waals surface area contributed by atoms with E-state index in [1.807, 2.05) is 0 Å². The van der Waals surface area contributed by atoms with Crippen LogP contribution in [0.5, 0.6) is 0 Å². The first-order chi connectivity index (χ1) is 12.9. The number of amides is 1. The minimum Gasteiger partial charge on any atom is -0.355 e. The fraction of sp³-hybridized carbons (Fsp3) is 0.0500. The normalized spacial score (nSPS) is 10.3. The Morgan fingerprint density at radius 2 is 1.67 bits per heavy atom. The Bertz CT molecular complexity index is 1020. The molecule has 3 aromatic rings. The molecule has 136 valence electrons. The van der Waals surface area contributed by atoms with Gasteiger partial charge in [0, 0.05) is 34.9 Å². The van der Waals surface area contributed by atoms with Crippen LogP contribution < -0.4 is 10.6 Å². The highest BCUT2D eigenvalue weighted by Gasteiger charge is 2.11. The molecular weight excluding hydrogens is 352 g/mol. The lowest BCUT2D eigenvalue weighted by Gasteiger charge is -2.09. The van der Waals surface area contributed by atoms with Crippen molar-refractivity contribution in [2.24, 2.45) is 0 Å². The van der Waals surface area contributed by atoms with Gasteiger partial charge in [0.2, 0.25) is 0 Å². The molecule has 0 aliphatic carbocycles. The number of ketones is 1. The Morgan fingerprint density at radius 3 is 2.41 bits per heavy atom. The Balaban J connectivity index is 1.76. The highest BCUT2D eigenvalue weighted by Crippen LogP contribution is 2.19. The number of anilines is 3. The molecule has 3 rings (SSSR count). The smallest absolute Gasteiger partial charge is 0.274 e. The van der Waals surface area contributed by atoms with E-state index in [2.05, 4.69) is 15.6 Å². The fourth-order valence-corrected chi connectivity index (χ4v) is 2.38. The van der Waals surface area contributed by atoms with Crippen LogP contribution in [0.2, 0.25) is 0 Å². The van der Waals surface area contributed by atoms with Gasteiger partial charge in [0.1, 0.15) is 5.69 Å². The van der Waals surface area contributed by atoms with Crippen molar-refractivity contribution < 1.29 is 18.4 Å². The Morgan fingerprint density at radius 1 is 0.889 bits per heavy atom. The molecule has 1 heterocycles. The average molecular weight is 367 g/mol. The molecule has 0 fully saturated rings. The van der Waals surface area contributed by atoms with E-state index >= 15 is 0 Å². The molecule has 0 aliphatic heterocycles. The largest absolute Gasteiger partial charge is 0.355 e. The van der Waals surface area contributed by atoms with Crippen LogP contribution in [0, 0.1) is 11.6 Å². The zero-order valence-corrected chi connectivity index (χ0v) is 14.3. The van der Waals surface area contributed by atoms with Crippen molar-refractivity contribution in [1.29, 1.82) is 0 Å². The number of carbonyl (C=O) groups is 2. The monoisotopic (exact) mass is 367 g/mol. The summed E-state index contributed by atoms with van der Waals surface area (Å²) in [6.07, 6.45) is 1.44. The van der Waals surface area contributed by atoms with Crippen LogP contribution in [0.1, 0.15) is 27.8 Å². The first-order valence-electron chi connectivity index (χ1n) is 8.03. The zero-order chi connectivity index (χ0) is 19.4. The van der Waals surface area contributed by atoms with Gasteiger partial charge in [-0.1, -0.05) is 12.1 Å². The highest BCUT2D eigenvalue weighted by atomic mass is 19.2. The number of halogens is 2. The second kappa shape index (κ2) is 7.74. The van der Waals surface area contributed by atoms with Crippen LogP contribution in [0.25, 0.3) is 0 Å². The maximum atomic E-state index is 13.3. The Kier molecular flexibility index (Phi) is 5.21. The molecule has 0 radical (unpaired) electrons.